The highest BCUT2D eigenvalue weighted by atomic mass is 16.5. The molecule has 7 heteroatoms. The SMILES string of the molecule is O=C(NO)C(c1ccccc1)N1CCC(c2nnc(-c3ccccc3)o2)CC1. The van der Waals surface area contributed by atoms with Crippen molar-refractivity contribution in [3.05, 3.63) is 72.1 Å². The van der Waals surface area contributed by atoms with Crippen molar-refractivity contribution >= 4 is 5.91 Å². The van der Waals surface area contributed by atoms with Crippen molar-refractivity contribution in [3.8, 4) is 11.5 Å². The molecule has 2 N–H and O–H groups in total. The third-order valence-corrected chi connectivity index (χ3v) is 5.18. The number of hydroxylamine groups is 1. The first kappa shape index (κ1) is 18.3. The Morgan fingerprint density at radius 1 is 1.04 bits per heavy atom. The van der Waals surface area contributed by atoms with E-state index in [9.17, 15) is 10.0 Å². The summed E-state index contributed by atoms with van der Waals surface area (Å²) in [6, 6.07) is 18.7. The van der Waals surface area contributed by atoms with E-state index >= 15 is 0 Å². The van der Waals surface area contributed by atoms with Crippen LogP contribution in [-0.4, -0.2) is 39.3 Å². The van der Waals surface area contributed by atoms with Gasteiger partial charge in [-0.1, -0.05) is 48.5 Å². The van der Waals surface area contributed by atoms with E-state index in [1.807, 2.05) is 60.7 Å². The molecule has 1 aliphatic heterocycles. The minimum Gasteiger partial charge on any atom is -0.420 e. The monoisotopic (exact) mass is 378 g/mol. The lowest BCUT2D eigenvalue weighted by molar-refractivity contribution is -0.135. The Hall–Kier alpha value is -3.03. The van der Waals surface area contributed by atoms with E-state index in [2.05, 4.69) is 15.1 Å². The number of benzene rings is 2. The van der Waals surface area contributed by atoms with Crippen LogP contribution < -0.4 is 5.48 Å². The fourth-order valence-electron chi connectivity index (χ4n) is 3.73. The predicted octanol–water partition coefficient (Wildman–Crippen LogP) is 3.16. The highest BCUT2D eigenvalue weighted by Gasteiger charge is 2.33. The number of piperidine rings is 1. The molecular formula is C21H22N4O3. The zero-order chi connectivity index (χ0) is 19.3. The molecule has 0 radical (unpaired) electrons. The van der Waals surface area contributed by atoms with Crippen molar-refractivity contribution in [2.75, 3.05) is 13.1 Å². The summed E-state index contributed by atoms with van der Waals surface area (Å²) in [5.74, 6) is 0.907. The van der Waals surface area contributed by atoms with Crippen LogP contribution in [0.2, 0.25) is 0 Å². The summed E-state index contributed by atoms with van der Waals surface area (Å²) in [6.45, 7) is 1.39. The molecule has 1 fully saturated rings. The van der Waals surface area contributed by atoms with Crippen molar-refractivity contribution in [1.29, 1.82) is 0 Å². The van der Waals surface area contributed by atoms with Gasteiger partial charge in [0.25, 0.3) is 5.91 Å². The number of hydrogen-bond acceptors (Lipinski definition) is 6. The summed E-state index contributed by atoms with van der Waals surface area (Å²) in [5, 5.41) is 17.6. The van der Waals surface area contributed by atoms with Crippen LogP contribution in [0.25, 0.3) is 11.5 Å². The number of hydrogen-bond donors (Lipinski definition) is 2. The standard InChI is InChI=1S/C21H22N4O3/c26-19(24-27)18(15-7-3-1-4-8-15)25-13-11-17(12-14-25)21-23-22-20(28-21)16-9-5-2-6-10-16/h1-10,17-18,27H,11-14H2,(H,24,26). The second-order valence-corrected chi connectivity index (χ2v) is 6.91. The molecule has 1 aromatic heterocycles. The number of likely N-dealkylation sites (tertiary alicyclic amines) is 1. The maximum atomic E-state index is 12.3. The highest BCUT2D eigenvalue weighted by molar-refractivity contribution is 5.82. The Morgan fingerprint density at radius 3 is 2.32 bits per heavy atom. The van der Waals surface area contributed by atoms with E-state index in [1.165, 1.54) is 0 Å². The van der Waals surface area contributed by atoms with Crippen molar-refractivity contribution in [2.45, 2.75) is 24.8 Å². The van der Waals surface area contributed by atoms with Gasteiger partial charge in [-0.05, 0) is 43.6 Å². The van der Waals surface area contributed by atoms with Crippen LogP contribution in [0.15, 0.2) is 65.1 Å². The van der Waals surface area contributed by atoms with Gasteiger partial charge in [0.1, 0.15) is 6.04 Å². The number of aromatic nitrogens is 2. The first-order chi connectivity index (χ1) is 13.8. The molecule has 3 aromatic rings. The van der Waals surface area contributed by atoms with Gasteiger partial charge in [0.15, 0.2) is 0 Å². The first-order valence-electron chi connectivity index (χ1n) is 9.38. The average molecular weight is 378 g/mol. The Balaban J connectivity index is 1.45. The lowest BCUT2D eigenvalue weighted by atomic mass is 9.94. The van der Waals surface area contributed by atoms with E-state index in [0.29, 0.717) is 24.9 Å². The molecule has 1 aliphatic rings. The lowest BCUT2D eigenvalue weighted by Crippen LogP contribution is -2.43. The Labute approximate surface area is 163 Å². The number of rotatable bonds is 5. The molecule has 1 atom stereocenters. The van der Waals surface area contributed by atoms with Crippen LogP contribution in [-0.2, 0) is 4.79 Å². The first-order valence-corrected chi connectivity index (χ1v) is 9.38. The van der Waals surface area contributed by atoms with Gasteiger partial charge in [0, 0.05) is 11.5 Å². The van der Waals surface area contributed by atoms with Crippen LogP contribution in [0.4, 0.5) is 0 Å². The zero-order valence-electron chi connectivity index (χ0n) is 15.4. The number of nitrogens with one attached hydrogen (secondary N) is 1. The minimum atomic E-state index is -0.519. The number of amides is 1. The molecule has 0 saturated carbocycles. The molecule has 0 spiro atoms. The van der Waals surface area contributed by atoms with Gasteiger partial charge < -0.3 is 4.42 Å². The van der Waals surface area contributed by atoms with Gasteiger partial charge in [-0.3, -0.25) is 14.9 Å². The minimum absolute atomic E-state index is 0.162. The van der Waals surface area contributed by atoms with Crippen LogP contribution in [0.5, 0.6) is 0 Å². The lowest BCUT2D eigenvalue weighted by Gasteiger charge is -2.35. The van der Waals surface area contributed by atoms with E-state index in [1.54, 1.807) is 5.48 Å². The van der Waals surface area contributed by atoms with Gasteiger partial charge in [-0.2, -0.15) is 0 Å². The number of nitrogens with zero attached hydrogens (tertiary/aromatic N) is 3. The van der Waals surface area contributed by atoms with Crippen LogP contribution >= 0.6 is 0 Å². The maximum absolute atomic E-state index is 12.3. The van der Waals surface area contributed by atoms with Crippen molar-refractivity contribution in [1.82, 2.24) is 20.6 Å². The fraction of sp³-hybridized carbons (Fsp3) is 0.286. The molecule has 1 unspecified atom stereocenters. The van der Waals surface area contributed by atoms with Gasteiger partial charge in [-0.25, -0.2) is 5.48 Å². The molecule has 2 aromatic carbocycles. The van der Waals surface area contributed by atoms with Gasteiger partial charge >= 0.3 is 0 Å². The third-order valence-electron chi connectivity index (χ3n) is 5.18. The summed E-state index contributed by atoms with van der Waals surface area (Å²) in [5.41, 5.74) is 3.57. The molecule has 1 amide bonds. The summed E-state index contributed by atoms with van der Waals surface area (Å²) in [7, 11) is 0. The molecule has 1 saturated heterocycles. The number of carbonyl (C=O) groups is 1. The molecule has 0 aliphatic carbocycles. The summed E-state index contributed by atoms with van der Waals surface area (Å²) < 4.78 is 5.90. The Morgan fingerprint density at radius 2 is 1.68 bits per heavy atom. The molecule has 4 rings (SSSR count). The second-order valence-electron chi connectivity index (χ2n) is 6.91. The van der Waals surface area contributed by atoms with E-state index < -0.39 is 11.9 Å². The molecular weight excluding hydrogens is 356 g/mol. The van der Waals surface area contributed by atoms with Crippen LogP contribution in [0.3, 0.4) is 0 Å². The predicted molar refractivity (Wildman–Crippen MR) is 102 cm³/mol. The topological polar surface area (TPSA) is 91.5 Å². The van der Waals surface area contributed by atoms with Gasteiger partial charge in [0.2, 0.25) is 11.8 Å². The smallest absolute Gasteiger partial charge is 0.265 e. The van der Waals surface area contributed by atoms with Crippen molar-refractivity contribution < 1.29 is 14.4 Å². The van der Waals surface area contributed by atoms with E-state index in [0.717, 1.165) is 24.0 Å². The van der Waals surface area contributed by atoms with Gasteiger partial charge in [0.05, 0.1) is 0 Å². The normalized spacial score (nSPS) is 16.6. The van der Waals surface area contributed by atoms with Crippen molar-refractivity contribution in [2.24, 2.45) is 0 Å². The maximum Gasteiger partial charge on any atom is 0.265 e. The van der Waals surface area contributed by atoms with Gasteiger partial charge in [-0.15, -0.1) is 10.2 Å². The highest BCUT2D eigenvalue weighted by Crippen LogP contribution is 2.33. The summed E-state index contributed by atoms with van der Waals surface area (Å²) >= 11 is 0. The fourth-order valence-corrected chi connectivity index (χ4v) is 3.73. The van der Waals surface area contributed by atoms with Crippen LogP contribution in [0, 0.1) is 0 Å². The zero-order valence-corrected chi connectivity index (χ0v) is 15.4. The number of carbonyl (C=O) groups excluding carboxylic acids is 1. The summed E-state index contributed by atoms with van der Waals surface area (Å²) in [6.07, 6.45) is 1.61. The van der Waals surface area contributed by atoms with Crippen molar-refractivity contribution in [3.63, 3.8) is 0 Å². The van der Waals surface area contributed by atoms with E-state index in [4.69, 9.17) is 4.42 Å². The largest absolute Gasteiger partial charge is 0.420 e. The molecule has 28 heavy (non-hydrogen) atoms. The van der Waals surface area contributed by atoms with Crippen LogP contribution in [0.1, 0.15) is 36.3 Å². The Kier molecular flexibility index (Phi) is 5.45. The molecule has 7 nitrogen and oxygen atoms in total. The molecule has 144 valence electrons. The van der Waals surface area contributed by atoms with E-state index in [-0.39, 0.29) is 5.92 Å². The third kappa shape index (κ3) is 3.81. The average Bonchev–Trinajstić information content (AvgIpc) is 3.26. The molecule has 2 heterocycles. The second kappa shape index (κ2) is 8.33. The Bertz CT molecular complexity index is 906. The summed E-state index contributed by atoms with van der Waals surface area (Å²) in [4.78, 5) is 14.4. The molecule has 0 bridgehead atoms. The quantitative estimate of drug-likeness (QED) is 0.523.